The van der Waals surface area contributed by atoms with Crippen LogP contribution in [0.4, 0.5) is 0 Å². The summed E-state index contributed by atoms with van der Waals surface area (Å²) in [5.74, 6) is -0.118. The van der Waals surface area contributed by atoms with Gasteiger partial charge >= 0.3 is 0 Å². The number of rotatable bonds is 5. The lowest BCUT2D eigenvalue weighted by Crippen LogP contribution is -2.36. The third-order valence-electron chi connectivity index (χ3n) is 5.08. The quantitative estimate of drug-likeness (QED) is 0.740. The summed E-state index contributed by atoms with van der Waals surface area (Å²) in [4.78, 5) is 15.0. The number of hydrogen-bond acceptors (Lipinski definition) is 5. The summed E-state index contributed by atoms with van der Waals surface area (Å²) in [5, 5.41) is 13.6. The summed E-state index contributed by atoms with van der Waals surface area (Å²) < 4.78 is 5.42. The summed E-state index contributed by atoms with van der Waals surface area (Å²) >= 11 is 0. The third-order valence-corrected chi connectivity index (χ3v) is 5.08. The number of fused-ring (bicyclic) bond motifs is 1. The highest BCUT2D eigenvalue weighted by molar-refractivity contribution is 5.94. The number of ether oxygens (including phenoxy) is 1. The van der Waals surface area contributed by atoms with E-state index in [1.807, 2.05) is 6.07 Å². The van der Waals surface area contributed by atoms with E-state index in [1.54, 1.807) is 0 Å². The van der Waals surface area contributed by atoms with Crippen LogP contribution in [0, 0.1) is 0 Å². The Hall–Kier alpha value is -2.22. The molecule has 26 heavy (non-hydrogen) atoms. The van der Waals surface area contributed by atoms with Crippen molar-refractivity contribution in [2.75, 3.05) is 32.8 Å². The van der Waals surface area contributed by atoms with Gasteiger partial charge in [-0.05, 0) is 11.1 Å². The molecule has 2 aliphatic rings. The Morgan fingerprint density at radius 3 is 2.88 bits per heavy atom. The summed E-state index contributed by atoms with van der Waals surface area (Å²) in [6.07, 6.45) is 0.887. The van der Waals surface area contributed by atoms with Crippen LogP contribution in [-0.4, -0.2) is 53.9 Å². The maximum absolute atomic E-state index is 12.6. The molecule has 3 heterocycles. The van der Waals surface area contributed by atoms with Gasteiger partial charge in [-0.3, -0.25) is 14.8 Å². The van der Waals surface area contributed by atoms with Crippen LogP contribution in [0.1, 0.15) is 32.9 Å². The van der Waals surface area contributed by atoms with Crippen LogP contribution in [0.3, 0.4) is 0 Å². The van der Waals surface area contributed by atoms with Gasteiger partial charge in [0.1, 0.15) is 0 Å². The highest BCUT2D eigenvalue weighted by Crippen LogP contribution is 2.16. The van der Waals surface area contributed by atoms with E-state index in [2.05, 4.69) is 43.9 Å². The molecule has 1 amide bonds. The second-order valence-corrected chi connectivity index (χ2v) is 6.80. The van der Waals surface area contributed by atoms with E-state index in [4.69, 9.17) is 4.74 Å². The summed E-state index contributed by atoms with van der Waals surface area (Å²) in [6.45, 7) is 6.49. The number of morpholine rings is 1. The molecule has 7 nitrogen and oxygen atoms in total. The van der Waals surface area contributed by atoms with Crippen molar-refractivity contribution in [3.63, 3.8) is 0 Å². The van der Waals surface area contributed by atoms with Gasteiger partial charge in [0.15, 0.2) is 5.69 Å². The number of nitrogens with one attached hydrogen (secondary N) is 3. The van der Waals surface area contributed by atoms with Gasteiger partial charge in [-0.1, -0.05) is 24.3 Å². The normalized spacial score (nSPS) is 17.7. The standard InChI is InChI=1S/C19H25N5O2/c25-19(18-16-12-20-6-5-17(16)22-23-18)21-11-14-3-1-2-4-15(14)13-24-7-9-26-10-8-24/h1-4,20H,5-13H2,(H,21,25)(H,22,23). The lowest BCUT2D eigenvalue weighted by Gasteiger charge is -2.27. The maximum atomic E-state index is 12.6. The fourth-order valence-corrected chi connectivity index (χ4v) is 3.56. The number of hydrogen-bond donors (Lipinski definition) is 3. The molecule has 0 aliphatic carbocycles. The predicted octanol–water partition coefficient (Wildman–Crippen LogP) is 0.818. The Morgan fingerprint density at radius 1 is 1.23 bits per heavy atom. The minimum atomic E-state index is -0.118. The van der Waals surface area contributed by atoms with Gasteiger partial charge in [-0.2, -0.15) is 5.10 Å². The number of aromatic nitrogens is 2. The van der Waals surface area contributed by atoms with Crippen molar-refractivity contribution in [2.24, 2.45) is 0 Å². The summed E-state index contributed by atoms with van der Waals surface area (Å²) in [6, 6.07) is 8.29. The molecule has 1 fully saturated rings. The van der Waals surface area contributed by atoms with E-state index in [0.29, 0.717) is 18.8 Å². The zero-order valence-electron chi connectivity index (χ0n) is 14.9. The molecule has 4 rings (SSSR count). The minimum absolute atomic E-state index is 0.118. The van der Waals surface area contributed by atoms with Crippen molar-refractivity contribution in [2.45, 2.75) is 26.1 Å². The van der Waals surface area contributed by atoms with E-state index in [0.717, 1.165) is 62.6 Å². The fraction of sp³-hybridized carbons (Fsp3) is 0.474. The highest BCUT2D eigenvalue weighted by Gasteiger charge is 2.21. The van der Waals surface area contributed by atoms with Gasteiger partial charge < -0.3 is 15.4 Å². The number of nitrogens with zero attached hydrogens (tertiary/aromatic N) is 2. The molecule has 0 atom stereocenters. The Labute approximate surface area is 153 Å². The number of carbonyl (C=O) groups is 1. The molecule has 0 unspecified atom stereocenters. The molecule has 138 valence electrons. The second-order valence-electron chi connectivity index (χ2n) is 6.80. The number of benzene rings is 1. The van der Waals surface area contributed by atoms with Crippen LogP contribution in [0.5, 0.6) is 0 Å². The lowest BCUT2D eigenvalue weighted by molar-refractivity contribution is 0.0340. The second kappa shape index (κ2) is 7.99. The smallest absolute Gasteiger partial charge is 0.272 e. The van der Waals surface area contributed by atoms with E-state index >= 15 is 0 Å². The van der Waals surface area contributed by atoms with Crippen molar-refractivity contribution in [1.82, 2.24) is 25.7 Å². The topological polar surface area (TPSA) is 82.3 Å². The Balaban J connectivity index is 1.41. The van der Waals surface area contributed by atoms with Crippen LogP contribution in [0.15, 0.2) is 24.3 Å². The number of aromatic amines is 1. The fourth-order valence-electron chi connectivity index (χ4n) is 3.56. The van der Waals surface area contributed by atoms with Gasteiger partial charge in [0, 0.05) is 56.9 Å². The van der Waals surface area contributed by atoms with Crippen LogP contribution in [0.25, 0.3) is 0 Å². The molecular formula is C19H25N5O2. The van der Waals surface area contributed by atoms with Crippen molar-refractivity contribution in [3.8, 4) is 0 Å². The van der Waals surface area contributed by atoms with Crippen LogP contribution >= 0.6 is 0 Å². The van der Waals surface area contributed by atoms with Crippen molar-refractivity contribution >= 4 is 5.91 Å². The molecule has 1 saturated heterocycles. The van der Waals surface area contributed by atoms with Gasteiger partial charge in [-0.25, -0.2) is 0 Å². The molecular weight excluding hydrogens is 330 g/mol. The first-order chi connectivity index (χ1) is 12.8. The predicted molar refractivity (Wildman–Crippen MR) is 97.7 cm³/mol. The maximum Gasteiger partial charge on any atom is 0.272 e. The van der Waals surface area contributed by atoms with Gasteiger partial charge in [0.2, 0.25) is 0 Å². The third kappa shape index (κ3) is 3.80. The minimum Gasteiger partial charge on any atom is -0.379 e. The Morgan fingerprint density at radius 2 is 2.04 bits per heavy atom. The van der Waals surface area contributed by atoms with Crippen molar-refractivity contribution < 1.29 is 9.53 Å². The molecule has 2 aromatic rings. The number of H-pyrrole nitrogens is 1. The molecule has 0 spiro atoms. The summed E-state index contributed by atoms with van der Waals surface area (Å²) in [5.41, 5.74) is 4.98. The Bertz CT molecular complexity index is 767. The molecule has 0 saturated carbocycles. The average molecular weight is 355 g/mol. The zero-order valence-corrected chi connectivity index (χ0v) is 14.9. The first kappa shape index (κ1) is 17.2. The first-order valence-electron chi connectivity index (χ1n) is 9.23. The van der Waals surface area contributed by atoms with E-state index in [9.17, 15) is 4.79 Å². The largest absolute Gasteiger partial charge is 0.379 e. The lowest BCUT2D eigenvalue weighted by atomic mass is 10.1. The van der Waals surface area contributed by atoms with Crippen molar-refractivity contribution in [3.05, 3.63) is 52.3 Å². The monoisotopic (exact) mass is 355 g/mol. The highest BCUT2D eigenvalue weighted by atomic mass is 16.5. The average Bonchev–Trinajstić information content (AvgIpc) is 3.12. The first-order valence-corrected chi connectivity index (χ1v) is 9.23. The van der Waals surface area contributed by atoms with Crippen LogP contribution < -0.4 is 10.6 Å². The molecule has 2 aliphatic heterocycles. The van der Waals surface area contributed by atoms with E-state index in [-0.39, 0.29) is 5.91 Å². The molecule has 0 bridgehead atoms. The van der Waals surface area contributed by atoms with Gasteiger partial charge in [0.25, 0.3) is 5.91 Å². The van der Waals surface area contributed by atoms with Gasteiger partial charge in [-0.15, -0.1) is 0 Å². The van der Waals surface area contributed by atoms with E-state index < -0.39 is 0 Å². The zero-order chi connectivity index (χ0) is 17.8. The number of amides is 1. The van der Waals surface area contributed by atoms with Gasteiger partial charge in [0.05, 0.1) is 13.2 Å². The van der Waals surface area contributed by atoms with Crippen molar-refractivity contribution in [1.29, 1.82) is 0 Å². The van der Waals surface area contributed by atoms with Crippen LogP contribution in [-0.2, 0) is 30.8 Å². The Kier molecular flexibility index (Phi) is 5.29. The molecule has 0 radical (unpaired) electrons. The SMILES string of the molecule is O=C(NCc1ccccc1CN1CCOCC1)c1n[nH]c2c1CNCC2. The molecule has 3 N–H and O–H groups in total. The number of carbonyl (C=O) groups excluding carboxylic acids is 1. The summed E-state index contributed by atoms with van der Waals surface area (Å²) in [7, 11) is 0. The molecule has 7 heteroatoms. The van der Waals surface area contributed by atoms with Crippen LogP contribution in [0.2, 0.25) is 0 Å². The molecule has 1 aromatic heterocycles. The van der Waals surface area contributed by atoms with E-state index in [1.165, 1.54) is 5.56 Å². The molecule has 1 aromatic carbocycles.